The van der Waals surface area contributed by atoms with Crippen LogP contribution in [0.1, 0.15) is 38.8 Å². The van der Waals surface area contributed by atoms with Gasteiger partial charge in [-0.05, 0) is 26.8 Å². The van der Waals surface area contributed by atoms with Crippen molar-refractivity contribution in [1.29, 1.82) is 0 Å². The first kappa shape index (κ1) is 14.3. The molecule has 0 atom stereocenters. The van der Waals surface area contributed by atoms with E-state index in [9.17, 15) is 4.79 Å². The van der Waals surface area contributed by atoms with Crippen LogP contribution in [0.3, 0.4) is 0 Å². The minimum Gasteiger partial charge on any atom is -0.475 e. The number of nitrogens with one attached hydrogen (secondary N) is 1. The third-order valence-electron chi connectivity index (χ3n) is 3.51. The van der Waals surface area contributed by atoms with E-state index in [0.717, 1.165) is 17.0 Å². The van der Waals surface area contributed by atoms with E-state index in [0.29, 0.717) is 18.8 Å². The number of aromatic nitrogens is 2. The topological polar surface area (TPSA) is 80.3 Å². The van der Waals surface area contributed by atoms with E-state index >= 15 is 0 Å². The lowest BCUT2D eigenvalue weighted by Gasteiger charge is -2.04. The van der Waals surface area contributed by atoms with Crippen molar-refractivity contribution >= 4 is 5.97 Å². The van der Waals surface area contributed by atoms with Crippen molar-refractivity contribution in [3.05, 3.63) is 40.1 Å². The SMILES string of the molecule is Cc1nn(C)c(C)c1CNCc1cc(C(=O)O)oc1C. The molecule has 0 unspecified atom stereocenters. The molecule has 0 saturated heterocycles. The number of nitrogens with zero attached hydrogens (tertiary/aromatic N) is 2. The Bertz CT molecular complexity index is 640. The first-order valence-corrected chi connectivity index (χ1v) is 6.42. The maximum atomic E-state index is 10.8. The van der Waals surface area contributed by atoms with Gasteiger partial charge in [-0.2, -0.15) is 5.10 Å². The molecule has 2 aromatic heterocycles. The Morgan fingerprint density at radius 2 is 2.10 bits per heavy atom. The van der Waals surface area contributed by atoms with E-state index in [-0.39, 0.29) is 5.76 Å². The Labute approximate surface area is 117 Å². The number of carbonyl (C=O) groups is 1. The molecule has 2 heterocycles. The molecule has 2 N–H and O–H groups in total. The third-order valence-corrected chi connectivity index (χ3v) is 3.51. The van der Waals surface area contributed by atoms with Gasteiger partial charge in [-0.25, -0.2) is 4.79 Å². The average Bonchev–Trinajstić information content (AvgIpc) is 2.85. The molecule has 0 spiro atoms. The van der Waals surface area contributed by atoms with Gasteiger partial charge in [-0.1, -0.05) is 0 Å². The second-order valence-corrected chi connectivity index (χ2v) is 4.87. The zero-order valence-corrected chi connectivity index (χ0v) is 12.1. The molecular weight excluding hydrogens is 258 g/mol. The van der Waals surface area contributed by atoms with Gasteiger partial charge in [0.25, 0.3) is 0 Å². The molecular formula is C14H19N3O3. The molecule has 108 valence electrons. The largest absolute Gasteiger partial charge is 0.475 e. The lowest BCUT2D eigenvalue weighted by atomic mass is 10.2. The van der Waals surface area contributed by atoms with Gasteiger partial charge >= 0.3 is 5.97 Å². The first-order chi connectivity index (χ1) is 9.40. The van der Waals surface area contributed by atoms with E-state index in [2.05, 4.69) is 10.4 Å². The average molecular weight is 277 g/mol. The van der Waals surface area contributed by atoms with Crippen molar-refractivity contribution in [3.63, 3.8) is 0 Å². The summed E-state index contributed by atoms with van der Waals surface area (Å²) in [6, 6.07) is 1.56. The highest BCUT2D eigenvalue weighted by Crippen LogP contribution is 2.16. The van der Waals surface area contributed by atoms with Crippen LogP contribution < -0.4 is 5.32 Å². The number of hydrogen-bond donors (Lipinski definition) is 2. The molecule has 0 fully saturated rings. The van der Waals surface area contributed by atoms with Crippen molar-refractivity contribution in [2.24, 2.45) is 7.05 Å². The molecule has 6 heteroatoms. The lowest BCUT2D eigenvalue weighted by molar-refractivity contribution is 0.0661. The molecule has 0 aliphatic carbocycles. The summed E-state index contributed by atoms with van der Waals surface area (Å²) in [5, 5.41) is 16.5. The Hall–Kier alpha value is -2.08. The number of furan rings is 1. The highest BCUT2D eigenvalue weighted by Gasteiger charge is 2.13. The van der Waals surface area contributed by atoms with Gasteiger partial charge < -0.3 is 14.8 Å². The summed E-state index contributed by atoms with van der Waals surface area (Å²) in [6.07, 6.45) is 0. The van der Waals surface area contributed by atoms with Crippen LogP contribution in [0.2, 0.25) is 0 Å². The smallest absolute Gasteiger partial charge is 0.371 e. The van der Waals surface area contributed by atoms with Crippen molar-refractivity contribution in [3.8, 4) is 0 Å². The molecule has 0 radical (unpaired) electrons. The third kappa shape index (κ3) is 2.75. The summed E-state index contributed by atoms with van der Waals surface area (Å²) in [7, 11) is 1.92. The van der Waals surface area contributed by atoms with Gasteiger partial charge in [0.15, 0.2) is 0 Å². The van der Waals surface area contributed by atoms with Gasteiger partial charge in [0, 0.05) is 37.0 Å². The van der Waals surface area contributed by atoms with Crippen molar-refractivity contribution in [2.45, 2.75) is 33.9 Å². The number of rotatable bonds is 5. The fourth-order valence-corrected chi connectivity index (χ4v) is 2.20. The van der Waals surface area contributed by atoms with Gasteiger partial charge in [0.1, 0.15) is 5.76 Å². The van der Waals surface area contributed by atoms with Crippen LogP contribution in [-0.2, 0) is 20.1 Å². The van der Waals surface area contributed by atoms with Crippen LogP contribution in [0.25, 0.3) is 0 Å². The van der Waals surface area contributed by atoms with Crippen molar-refractivity contribution < 1.29 is 14.3 Å². The van der Waals surface area contributed by atoms with Gasteiger partial charge in [-0.3, -0.25) is 4.68 Å². The monoisotopic (exact) mass is 277 g/mol. The predicted molar refractivity (Wildman–Crippen MR) is 73.6 cm³/mol. The highest BCUT2D eigenvalue weighted by atomic mass is 16.4. The lowest BCUT2D eigenvalue weighted by Crippen LogP contribution is -2.14. The maximum absolute atomic E-state index is 10.8. The van der Waals surface area contributed by atoms with Crippen LogP contribution in [0.4, 0.5) is 0 Å². The zero-order chi connectivity index (χ0) is 14.9. The summed E-state index contributed by atoms with van der Waals surface area (Å²) in [5.74, 6) is -0.430. The molecule has 0 aliphatic heterocycles. The summed E-state index contributed by atoms with van der Waals surface area (Å²) >= 11 is 0. The molecule has 2 aromatic rings. The van der Waals surface area contributed by atoms with Gasteiger partial charge in [0.2, 0.25) is 5.76 Å². The Kier molecular flexibility index (Phi) is 3.94. The van der Waals surface area contributed by atoms with Crippen LogP contribution in [0.15, 0.2) is 10.5 Å². The molecule has 2 rings (SSSR count). The molecule has 0 bridgehead atoms. The van der Waals surface area contributed by atoms with Gasteiger partial charge in [0.05, 0.1) is 5.69 Å². The van der Waals surface area contributed by atoms with Crippen molar-refractivity contribution in [2.75, 3.05) is 0 Å². The minimum absolute atomic E-state index is 0.0203. The molecule has 6 nitrogen and oxygen atoms in total. The van der Waals surface area contributed by atoms with Crippen molar-refractivity contribution in [1.82, 2.24) is 15.1 Å². The highest BCUT2D eigenvalue weighted by molar-refractivity contribution is 5.84. The summed E-state index contributed by atoms with van der Waals surface area (Å²) in [5.41, 5.74) is 4.17. The minimum atomic E-state index is -1.04. The van der Waals surface area contributed by atoms with E-state index in [4.69, 9.17) is 9.52 Å². The van der Waals surface area contributed by atoms with Crippen LogP contribution in [0, 0.1) is 20.8 Å². The predicted octanol–water partition coefficient (Wildman–Crippen LogP) is 1.93. The quantitative estimate of drug-likeness (QED) is 0.872. The van der Waals surface area contributed by atoms with E-state index in [1.807, 2.05) is 25.6 Å². The normalized spacial score (nSPS) is 11.0. The fraction of sp³-hybridized carbons (Fsp3) is 0.429. The molecule has 0 amide bonds. The molecule has 0 saturated carbocycles. The van der Waals surface area contributed by atoms with E-state index < -0.39 is 5.97 Å². The Morgan fingerprint density at radius 3 is 2.60 bits per heavy atom. The second-order valence-electron chi connectivity index (χ2n) is 4.87. The number of carboxylic acids is 1. The Morgan fingerprint density at radius 1 is 1.40 bits per heavy atom. The number of hydrogen-bond acceptors (Lipinski definition) is 4. The summed E-state index contributed by atoms with van der Waals surface area (Å²) in [4.78, 5) is 10.8. The maximum Gasteiger partial charge on any atom is 0.371 e. The number of aryl methyl sites for hydroxylation is 3. The number of carboxylic acid groups (broad SMARTS) is 1. The Balaban J connectivity index is 2.01. The zero-order valence-electron chi connectivity index (χ0n) is 12.1. The molecule has 20 heavy (non-hydrogen) atoms. The molecule has 0 aliphatic rings. The van der Waals surface area contributed by atoms with Crippen LogP contribution >= 0.6 is 0 Å². The summed E-state index contributed by atoms with van der Waals surface area (Å²) in [6.45, 7) is 7.04. The first-order valence-electron chi connectivity index (χ1n) is 6.42. The standard InChI is InChI=1S/C14H19N3O3/c1-8-12(9(2)17(4)16-8)7-15-6-11-5-13(14(18)19)20-10(11)3/h5,15H,6-7H2,1-4H3,(H,18,19). The number of aromatic carboxylic acids is 1. The van der Waals surface area contributed by atoms with Crippen LogP contribution in [0.5, 0.6) is 0 Å². The summed E-state index contributed by atoms with van der Waals surface area (Å²) < 4.78 is 7.03. The van der Waals surface area contributed by atoms with E-state index in [1.54, 1.807) is 13.0 Å². The van der Waals surface area contributed by atoms with E-state index in [1.165, 1.54) is 5.56 Å². The second kappa shape index (κ2) is 5.50. The van der Waals surface area contributed by atoms with Gasteiger partial charge in [-0.15, -0.1) is 0 Å². The molecule has 0 aromatic carbocycles. The fourth-order valence-electron chi connectivity index (χ4n) is 2.20. The van der Waals surface area contributed by atoms with Crippen LogP contribution in [-0.4, -0.2) is 20.9 Å².